The van der Waals surface area contributed by atoms with Crippen LogP contribution in [0.4, 0.5) is 0 Å². The molecule has 0 aliphatic heterocycles. The molecule has 1 rings (SSSR count). The van der Waals surface area contributed by atoms with Crippen molar-refractivity contribution in [3.05, 3.63) is 35.9 Å². The van der Waals surface area contributed by atoms with E-state index >= 15 is 0 Å². The van der Waals surface area contributed by atoms with E-state index in [0.717, 1.165) is 29.7 Å². The van der Waals surface area contributed by atoms with Gasteiger partial charge in [-0.2, -0.15) is 5.26 Å². The van der Waals surface area contributed by atoms with Gasteiger partial charge in [0.15, 0.2) is 0 Å². The molecule has 0 aromatic heterocycles. The summed E-state index contributed by atoms with van der Waals surface area (Å²) in [6, 6.07) is 12.6. The van der Waals surface area contributed by atoms with E-state index in [1.807, 2.05) is 18.2 Å². The van der Waals surface area contributed by atoms with Crippen molar-refractivity contribution in [3.63, 3.8) is 0 Å². The van der Waals surface area contributed by atoms with E-state index in [1.54, 1.807) is 0 Å². The maximum atomic E-state index is 9.44. The van der Waals surface area contributed by atoms with E-state index < -0.39 is 0 Å². The SMILES string of the molecule is CC[N+](CC)(CC)C(C#N)c1ccccc1. The summed E-state index contributed by atoms with van der Waals surface area (Å²) in [6.07, 6.45) is 0. The number of rotatable bonds is 5. The highest BCUT2D eigenvalue weighted by Crippen LogP contribution is 2.27. The summed E-state index contributed by atoms with van der Waals surface area (Å²) in [6.45, 7) is 9.50. The average Bonchev–Trinajstić information content (AvgIpc) is 2.37. The van der Waals surface area contributed by atoms with Gasteiger partial charge in [-0.15, -0.1) is 0 Å². The second-order valence-corrected chi connectivity index (χ2v) is 4.11. The molecule has 2 heteroatoms. The second kappa shape index (κ2) is 5.67. The molecule has 0 N–H and O–H groups in total. The molecule has 86 valence electrons. The van der Waals surface area contributed by atoms with Gasteiger partial charge in [-0.25, -0.2) is 0 Å². The lowest BCUT2D eigenvalue weighted by Gasteiger charge is -2.39. The number of hydrogen-bond acceptors (Lipinski definition) is 1. The molecule has 16 heavy (non-hydrogen) atoms. The van der Waals surface area contributed by atoms with Crippen molar-refractivity contribution in [1.82, 2.24) is 0 Å². The van der Waals surface area contributed by atoms with Gasteiger partial charge in [0.1, 0.15) is 6.07 Å². The van der Waals surface area contributed by atoms with Gasteiger partial charge in [-0.3, -0.25) is 0 Å². The minimum Gasteiger partial charge on any atom is -0.306 e. The molecule has 0 saturated carbocycles. The zero-order valence-electron chi connectivity index (χ0n) is 10.5. The minimum atomic E-state index is -0.0406. The molecule has 0 spiro atoms. The average molecular weight is 217 g/mol. The number of benzene rings is 1. The molecule has 0 aliphatic rings. The first-order valence-electron chi connectivity index (χ1n) is 6.04. The molecular formula is C14H21N2+. The van der Waals surface area contributed by atoms with Crippen LogP contribution in [0.3, 0.4) is 0 Å². The van der Waals surface area contributed by atoms with E-state index in [1.165, 1.54) is 0 Å². The predicted octanol–water partition coefficient (Wildman–Crippen LogP) is 3.13. The van der Waals surface area contributed by atoms with Gasteiger partial charge in [-0.05, 0) is 20.8 Å². The van der Waals surface area contributed by atoms with Gasteiger partial charge in [0.25, 0.3) is 0 Å². The highest BCUT2D eigenvalue weighted by Gasteiger charge is 2.33. The van der Waals surface area contributed by atoms with Crippen molar-refractivity contribution in [1.29, 1.82) is 5.26 Å². The van der Waals surface area contributed by atoms with Crippen molar-refractivity contribution >= 4 is 0 Å². The third-order valence-corrected chi connectivity index (χ3v) is 3.67. The lowest BCUT2D eigenvalue weighted by molar-refractivity contribution is -0.944. The van der Waals surface area contributed by atoms with Crippen molar-refractivity contribution in [3.8, 4) is 6.07 Å². The Morgan fingerprint density at radius 1 is 1.06 bits per heavy atom. The first-order valence-corrected chi connectivity index (χ1v) is 6.04. The molecule has 0 amide bonds. The van der Waals surface area contributed by atoms with Gasteiger partial charge < -0.3 is 4.48 Å². The van der Waals surface area contributed by atoms with Crippen LogP contribution in [0.25, 0.3) is 0 Å². The minimum absolute atomic E-state index is 0.0406. The van der Waals surface area contributed by atoms with Crippen LogP contribution in [-0.2, 0) is 0 Å². The van der Waals surface area contributed by atoms with Gasteiger partial charge in [0.05, 0.1) is 19.6 Å². The Labute approximate surface area is 98.7 Å². The van der Waals surface area contributed by atoms with Crippen LogP contribution in [0.5, 0.6) is 0 Å². The summed E-state index contributed by atoms with van der Waals surface area (Å²) in [5.41, 5.74) is 1.13. The Morgan fingerprint density at radius 2 is 1.56 bits per heavy atom. The molecule has 1 atom stereocenters. The Balaban J connectivity index is 3.11. The Hall–Kier alpha value is -1.33. The monoisotopic (exact) mass is 217 g/mol. The lowest BCUT2D eigenvalue weighted by atomic mass is 10.0. The fraction of sp³-hybridized carbons (Fsp3) is 0.500. The molecule has 1 unspecified atom stereocenters. The first-order chi connectivity index (χ1) is 7.74. The molecule has 2 nitrogen and oxygen atoms in total. The normalized spacial score (nSPS) is 13.1. The van der Waals surface area contributed by atoms with Crippen molar-refractivity contribution in [2.24, 2.45) is 0 Å². The molecule has 0 aliphatic carbocycles. The summed E-state index contributed by atoms with van der Waals surface area (Å²) in [5.74, 6) is 0. The van der Waals surface area contributed by atoms with Crippen LogP contribution in [-0.4, -0.2) is 24.1 Å². The lowest BCUT2D eigenvalue weighted by Crippen LogP contribution is -2.49. The largest absolute Gasteiger partial charge is 0.306 e. The van der Waals surface area contributed by atoms with Crippen LogP contribution in [0, 0.1) is 11.3 Å². The number of hydrogen-bond donors (Lipinski definition) is 0. The Morgan fingerprint density at radius 3 is 1.94 bits per heavy atom. The predicted molar refractivity (Wildman–Crippen MR) is 66.7 cm³/mol. The molecule has 1 aromatic carbocycles. The van der Waals surface area contributed by atoms with E-state index in [9.17, 15) is 5.26 Å². The van der Waals surface area contributed by atoms with E-state index in [2.05, 4.69) is 39.0 Å². The summed E-state index contributed by atoms with van der Waals surface area (Å²) in [4.78, 5) is 0. The topological polar surface area (TPSA) is 23.8 Å². The third-order valence-electron chi connectivity index (χ3n) is 3.67. The molecule has 0 radical (unpaired) electrons. The molecule has 0 saturated heterocycles. The van der Waals surface area contributed by atoms with Crippen molar-refractivity contribution in [2.75, 3.05) is 19.6 Å². The summed E-state index contributed by atoms with van der Waals surface area (Å²) in [7, 11) is 0. The summed E-state index contributed by atoms with van der Waals surface area (Å²) < 4.78 is 0.848. The van der Waals surface area contributed by atoms with Gasteiger partial charge >= 0.3 is 0 Å². The maximum absolute atomic E-state index is 9.44. The fourth-order valence-corrected chi connectivity index (χ4v) is 2.37. The number of nitrogens with zero attached hydrogens (tertiary/aromatic N) is 2. The maximum Gasteiger partial charge on any atom is 0.202 e. The molecule has 0 fully saturated rings. The Bertz CT molecular complexity index is 338. The number of nitriles is 1. The van der Waals surface area contributed by atoms with Gasteiger partial charge in [-0.1, -0.05) is 30.3 Å². The molecule has 1 aromatic rings. The van der Waals surface area contributed by atoms with Crippen LogP contribution in [0.1, 0.15) is 32.4 Å². The molecule has 0 heterocycles. The highest BCUT2D eigenvalue weighted by molar-refractivity contribution is 5.22. The summed E-state index contributed by atoms with van der Waals surface area (Å²) >= 11 is 0. The molecule has 0 bridgehead atoms. The first kappa shape index (κ1) is 12.7. The van der Waals surface area contributed by atoms with Gasteiger partial charge in [0, 0.05) is 5.56 Å². The zero-order valence-corrected chi connectivity index (χ0v) is 10.5. The van der Waals surface area contributed by atoms with Crippen LogP contribution in [0.2, 0.25) is 0 Å². The Kier molecular flexibility index (Phi) is 4.52. The van der Waals surface area contributed by atoms with E-state index in [-0.39, 0.29) is 6.04 Å². The number of quaternary nitrogens is 1. The highest BCUT2D eigenvalue weighted by atomic mass is 15.4. The standard InChI is InChI=1S/C14H21N2/c1-4-16(5-2,6-3)14(12-15)13-10-8-7-9-11-13/h7-11,14H,4-6H2,1-3H3/q+1. The fourth-order valence-electron chi connectivity index (χ4n) is 2.37. The zero-order chi connectivity index (χ0) is 12.0. The third kappa shape index (κ3) is 2.25. The van der Waals surface area contributed by atoms with Gasteiger partial charge in [0.2, 0.25) is 6.04 Å². The van der Waals surface area contributed by atoms with Crippen molar-refractivity contribution in [2.45, 2.75) is 26.8 Å². The smallest absolute Gasteiger partial charge is 0.202 e. The van der Waals surface area contributed by atoms with Crippen LogP contribution in [0.15, 0.2) is 30.3 Å². The quantitative estimate of drug-likeness (QED) is 0.695. The second-order valence-electron chi connectivity index (χ2n) is 4.11. The van der Waals surface area contributed by atoms with Crippen LogP contribution < -0.4 is 0 Å². The molecular weight excluding hydrogens is 196 g/mol. The summed E-state index contributed by atoms with van der Waals surface area (Å²) in [5, 5.41) is 9.44. The van der Waals surface area contributed by atoms with Crippen LogP contribution >= 0.6 is 0 Å². The van der Waals surface area contributed by atoms with Crippen molar-refractivity contribution < 1.29 is 4.48 Å². The van der Waals surface area contributed by atoms with E-state index in [4.69, 9.17) is 0 Å². The van der Waals surface area contributed by atoms with E-state index in [0.29, 0.717) is 0 Å².